The monoisotopic (exact) mass is 317 g/mol. The number of rotatable bonds is 5. The smallest absolute Gasteiger partial charge is 0.122 e. The quantitative estimate of drug-likeness (QED) is 0.881. The van der Waals surface area contributed by atoms with Gasteiger partial charge < -0.3 is 14.6 Å². The molecule has 0 aliphatic carbocycles. The Labute approximate surface area is 136 Å². The lowest BCUT2D eigenvalue weighted by molar-refractivity contribution is -0.0282. The van der Waals surface area contributed by atoms with Crippen molar-refractivity contribution in [2.45, 2.75) is 25.0 Å². The van der Waals surface area contributed by atoms with E-state index in [-0.39, 0.29) is 0 Å². The van der Waals surface area contributed by atoms with Gasteiger partial charge in [0.2, 0.25) is 0 Å². The van der Waals surface area contributed by atoms with Gasteiger partial charge in [-0.3, -0.25) is 10.00 Å². The molecule has 2 aromatic rings. The maximum atomic E-state index is 11.1. The average Bonchev–Trinajstić information content (AvgIpc) is 3.09. The molecule has 1 aromatic carbocycles. The first-order valence-electron chi connectivity index (χ1n) is 7.79. The largest absolute Gasteiger partial charge is 0.497 e. The van der Waals surface area contributed by atoms with E-state index in [0.717, 1.165) is 30.9 Å². The number of nitrogens with zero attached hydrogens (tertiary/aromatic N) is 2. The van der Waals surface area contributed by atoms with Gasteiger partial charge in [-0.1, -0.05) is 0 Å². The molecule has 1 aliphatic rings. The number of piperidine rings is 1. The third-order valence-corrected chi connectivity index (χ3v) is 4.52. The Hall–Kier alpha value is -2.05. The Morgan fingerprint density at radius 3 is 2.35 bits per heavy atom. The summed E-state index contributed by atoms with van der Waals surface area (Å²) < 4.78 is 10.6. The van der Waals surface area contributed by atoms with Gasteiger partial charge in [-0.05, 0) is 36.6 Å². The number of hydrogen-bond acceptors (Lipinski definition) is 5. The molecule has 124 valence electrons. The first-order chi connectivity index (χ1) is 11.1. The summed E-state index contributed by atoms with van der Waals surface area (Å²) in [7, 11) is 3.24. The van der Waals surface area contributed by atoms with Crippen molar-refractivity contribution in [1.29, 1.82) is 0 Å². The Bertz CT molecular complexity index is 612. The molecule has 1 saturated heterocycles. The lowest BCUT2D eigenvalue weighted by atomic mass is 9.84. The van der Waals surface area contributed by atoms with Gasteiger partial charge in [-0.25, -0.2) is 0 Å². The fourth-order valence-corrected chi connectivity index (χ4v) is 3.06. The number of aromatic amines is 1. The zero-order valence-corrected chi connectivity index (χ0v) is 13.6. The molecule has 1 aromatic heterocycles. The molecule has 1 aliphatic heterocycles. The van der Waals surface area contributed by atoms with Crippen molar-refractivity contribution in [2.24, 2.45) is 0 Å². The molecule has 1 fully saturated rings. The Morgan fingerprint density at radius 2 is 1.83 bits per heavy atom. The molecule has 23 heavy (non-hydrogen) atoms. The maximum Gasteiger partial charge on any atom is 0.122 e. The standard InChI is InChI=1S/C17H23N3O3/c1-22-15-9-13(10-16(11-15)23-2)17(21)4-7-20(8-5-17)12-14-3-6-18-19-14/h3,6,9-11,21H,4-5,7-8,12H2,1-2H3,(H,18,19). The van der Waals surface area contributed by atoms with Crippen LogP contribution in [0.2, 0.25) is 0 Å². The fourth-order valence-electron chi connectivity index (χ4n) is 3.06. The molecule has 0 saturated carbocycles. The Kier molecular flexibility index (Phi) is 4.54. The van der Waals surface area contributed by atoms with Gasteiger partial charge in [-0.2, -0.15) is 5.10 Å². The summed E-state index contributed by atoms with van der Waals surface area (Å²) in [5, 5.41) is 18.0. The predicted octanol–water partition coefficient (Wildman–Crippen LogP) is 1.91. The molecular formula is C17H23N3O3. The van der Waals surface area contributed by atoms with Gasteiger partial charge in [0.1, 0.15) is 11.5 Å². The molecule has 0 radical (unpaired) electrons. The van der Waals surface area contributed by atoms with Crippen LogP contribution in [0.1, 0.15) is 24.1 Å². The van der Waals surface area contributed by atoms with Crippen LogP contribution >= 0.6 is 0 Å². The van der Waals surface area contributed by atoms with Crippen LogP contribution in [-0.2, 0) is 12.1 Å². The number of methoxy groups -OCH3 is 2. The Balaban J connectivity index is 1.71. The van der Waals surface area contributed by atoms with Crippen molar-refractivity contribution in [1.82, 2.24) is 15.1 Å². The Morgan fingerprint density at radius 1 is 1.17 bits per heavy atom. The van der Waals surface area contributed by atoms with E-state index in [1.807, 2.05) is 24.3 Å². The van der Waals surface area contributed by atoms with Crippen LogP contribution in [0.3, 0.4) is 0 Å². The normalized spacial score (nSPS) is 17.9. The minimum Gasteiger partial charge on any atom is -0.497 e. The molecule has 2 heterocycles. The van der Waals surface area contributed by atoms with Crippen molar-refractivity contribution >= 4 is 0 Å². The number of ether oxygens (including phenoxy) is 2. The third kappa shape index (κ3) is 3.48. The van der Waals surface area contributed by atoms with E-state index < -0.39 is 5.60 Å². The third-order valence-electron chi connectivity index (χ3n) is 4.52. The minimum absolute atomic E-state index is 0.678. The summed E-state index contributed by atoms with van der Waals surface area (Å²) >= 11 is 0. The van der Waals surface area contributed by atoms with Gasteiger partial charge in [0.15, 0.2) is 0 Å². The highest BCUT2D eigenvalue weighted by atomic mass is 16.5. The van der Waals surface area contributed by atoms with Crippen molar-refractivity contribution in [3.63, 3.8) is 0 Å². The zero-order chi connectivity index (χ0) is 16.3. The second kappa shape index (κ2) is 6.60. The summed E-state index contributed by atoms with van der Waals surface area (Å²) in [6.07, 6.45) is 3.12. The lowest BCUT2D eigenvalue weighted by Crippen LogP contribution is -2.42. The van der Waals surface area contributed by atoms with Gasteiger partial charge in [0.25, 0.3) is 0 Å². The van der Waals surface area contributed by atoms with Crippen LogP contribution in [0.15, 0.2) is 30.5 Å². The van der Waals surface area contributed by atoms with E-state index in [0.29, 0.717) is 24.3 Å². The molecule has 0 spiro atoms. The number of likely N-dealkylation sites (tertiary alicyclic amines) is 1. The van der Waals surface area contributed by atoms with E-state index in [4.69, 9.17) is 9.47 Å². The van der Waals surface area contributed by atoms with Gasteiger partial charge in [0.05, 0.1) is 19.8 Å². The summed E-state index contributed by atoms with van der Waals surface area (Å²) in [5.41, 5.74) is 1.11. The highest BCUT2D eigenvalue weighted by molar-refractivity contribution is 5.41. The average molecular weight is 317 g/mol. The molecule has 0 amide bonds. The first-order valence-corrected chi connectivity index (χ1v) is 7.79. The number of hydrogen-bond donors (Lipinski definition) is 2. The summed E-state index contributed by atoms with van der Waals surface area (Å²) in [5.74, 6) is 1.40. The van der Waals surface area contributed by atoms with Crippen LogP contribution in [0.5, 0.6) is 11.5 Å². The summed E-state index contributed by atoms with van der Waals surface area (Å²) in [6, 6.07) is 7.59. The number of aliphatic hydroxyl groups is 1. The summed E-state index contributed by atoms with van der Waals surface area (Å²) in [4.78, 5) is 2.32. The fraction of sp³-hybridized carbons (Fsp3) is 0.471. The minimum atomic E-state index is -0.841. The van der Waals surface area contributed by atoms with E-state index in [9.17, 15) is 5.11 Å². The van der Waals surface area contributed by atoms with Crippen LogP contribution in [-0.4, -0.2) is 47.5 Å². The van der Waals surface area contributed by atoms with Gasteiger partial charge in [-0.15, -0.1) is 0 Å². The van der Waals surface area contributed by atoms with Crippen LogP contribution in [0.25, 0.3) is 0 Å². The van der Waals surface area contributed by atoms with Crippen molar-refractivity contribution in [3.05, 3.63) is 41.7 Å². The molecular weight excluding hydrogens is 294 g/mol. The highest BCUT2D eigenvalue weighted by Gasteiger charge is 2.34. The molecule has 6 nitrogen and oxygen atoms in total. The first kappa shape index (κ1) is 15.8. The van der Waals surface area contributed by atoms with Crippen molar-refractivity contribution < 1.29 is 14.6 Å². The van der Waals surface area contributed by atoms with Crippen molar-refractivity contribution in [2.75, 3.05) is 27.3 Å². The maximum absolute atomic E-state index is 11.1. The molecule has 6 heteroatoms. The van der Waals surface area contributed by atoms with E-state index >= 15 is 0 Å². The van der Waals surface area contributed by atoms with Gasteiger partial charge >= 0.3 is 0 Å². The second-order valence-corrected chi connectivity index (χ2v) is 5.99. The summed E-state index contributed by atoms with van der Waals surface area (Å²) in [6.45, 7) is 2.49. The zero-order valence-electron chi connectivity index (χ0n) is 13.6. The van der Waals surface area contributed by atoms with E-state index in [1.54, 1.807) is 20.4 Å². The topological polar surface area (TPSA) is 70.6 Å². The van der Waals surface area contributed by atoms with E-state index in [2.05, 4.69) is 15.1 Å². The number of H-pyrrole nitrogens is 1. The number of aromatic nitrogens is 2. The number of benzene rings is 1. The van der Waals surface area contributed by atoms with Crippen LogP contribution in [0, 0.1) is 0 Å². The SMILES string of the molecule is COc1cc(OC)cc(C2(O)CCN(Cc3ccn[nH]3)CC2)c1. The van der Waals surface area contributed by atoms with Crippen LogP contribution in [0.4, 0.5) is 0 Å². The number of nitrogens with one attached hydrogen (secondary N) is 1. The lowest BCUT2D eigenvalue weighted by Gasteiger charge is -2.38. The molecule has 0 unspecified atom stereocenters. The highest BCUT2D eigenvalue weighted by Crippen LogP contribution is 2.37. The molecule has 0 bridgehead atoms. The van der Waals surface area contributed by atoms with E-state index in [1.165, 1.54) is 0 Å². The van der Waals surface area contributed by atoms with Crippen molar-refractivity contribution in [3.8, 4) is 11.5 Å². The van der Waals surface area contributed by atoms with Crippen LogP contribution < -0.4 is 9.47 Å². The van der Waals surface area contributed by atoms with Gasteiger partial charge in [0, 0.05) is 37.6 Å². The predicted molar refractivity (Wildman–Crippen MR) is 86.5 cm³/mol. The molecule has 3 rings (SSSR count). The molecule has 0 atom stereocenters. The molecule has 2 N–H and O–H groups in total. The second-order valence-electron chi connectivity index (χ2n) is 5.99.